The third-order valence-corrected chi connectivity index (χ3v) is 6.50. The van der Waals surface area contributed by atoms with Gasteiger partial charge in [0.25, 0.3) is 0 Å². The van der Waals surface area contributed by atoms with Crippen LogP contribution in [0.2, 0.25) is 10.0 Å². The lowest BCUT2D eigenvalue weighted by molar-refractivity contribution is -0.0189. The van der Waals surface area contributed by atoms with Crippen LogP contribution >= 0.6 is 23.2 Å². The van der Waals surface area contributed by atoms with Crippen LogP contribution in [-0.2, 0) is 0 Å². The zero-order valence-electron chi connectivity index (χ0n) is 19.0. The SMILES string of the molecule is CCOc1ccc([C@H]2Oc3c(Cl)cc(Cl)cc3[C@H]3CC(c4ccc(OC)c(OC)c4)=NN32)cc1. The normalized spacial score (nSPS) is 18.5. The number of fused-ring (bicyclic) bond motifs is 3. The molecule has 3 aromatic rings. The molecule has 3 aromatic carbocycles. The van der Waals surface area contributed by atoms with Gasteiger partial charge in [0.15, 0.2) is 11.5 Å². The first-order valence-electron chi connectivity index (χ1n) is 11.0. The van der Waals surface area contributed by atoms with Gasteiger partial charge < -0.3 is 18.9 Å². The van der Waals surface area contributed by atoms with E-state index >= 15 is 0 Å². The number of nitrogens with zero attached hydrogens (tertiary/aromatic N) is 2. The van der Waals surface area contributed by atoms with Crippen molar-refractivity contribution in [3.8, 4) is 23.0 Å². The molecule has 2 atom stereocenters. The summed E-state index contributed by atoms with van der Waals surface area (Å²) in [6, 6.07) is 17.2. The average molecular weight is 499 g/mol. The first kappa shape index (κ1) is 22.7. The molecular formula is C26H24Cl2N2O4. The third-order valence-electron chi connectivity index (χ3n) is 6.00. The van der Waals surface area contributed by atoms with Crippen molar-refractivity contribution in [3.05, 3.63) is 81.3 Å². The number of rotatable bonds is 6. The second-order valence-corrected chi connectivity index (χ2v) is 8.84. The number of methoxy groups -OCH3 is 2. The highest BCUT2D eigenvalue weighted by Crippen LogP contribution is 2.51. The van der Waals surface area contributed by atoms with E-state index in [9.17, 15) is 0 Å². The van der Waals surface area contributed by atoms with Gasteiger partial charge in [-0.25, -0.2) is 5.01 Å². The van der Waals surface area contributed by atoms with Gasteiger partial charge in [-0.3, -0.25) is 0 Å². The maximum Gasteiger partial charge on any atom is 0.213 e. The van der Waals surface area contributed by atoms with Crippen LogP contribution in [0.15, 0.2) is 59.7 Å². The number of halogens is 2. The fourth-order valence-corrected chi connectivity index (χ4v) is 4.97. The van der Waals surface area contributed by atoms with Gasteiger partial charge >= 0.3 is 0 Å². The van der Waals surface area contributed by atoms with Crippen molar-refractivity contribution in [3.63, 3.8) is 0 Å². The minimum atomic E-state index is -0.454. The Hall–Kier alpha value is -3.09. The minimum Gasteiger partial charge on any atom is -0.494 e. The maximum atomic E-state index is 6.57. The molecule has 176 valence electrons. The molecule has 0 amide bonds. The molecule has 0 aromatic heterocycles. The number of ether oxygens (including phenoxy) is 4. The Labute approximate surface area is 208 Å². The van der Waals surface area contributed by atoms with E-state index in [1.165, 1.54) is 0 Å². The molecule has 0 saturated heterocycles. The van der Waals surface area contributed by atoms with E-state index in [4.69, 9.17) is 47.3 Å². The molecule has 0 bridgehead atoms. The Morgan fingerprint density at radius 2 is 1.76 bits per heavy atom. The first-order chi connectivity index (χ1) is 16.5. The molecule has 0 unspecified atom stereocenters. The second kappa shape index (κ2) is 9.28. The molecule has 2 heterocycles. The smallest absolute Gasteiger partial charge is 0.213 e. The fraction of sp³-hybridized carbons (Fsp3) is 0.269. The summed E-state index contributed by atoms with van der Waals surface area (Å²) < 4.78 is 22.9. The number of hydrogen-bond donors (Lipinski definition) is 0. The van der Waals surface area contributed by atoms with E-state index in [1.54, 1.807) is 20.3 Å². The summed E-state index contributed by atoms with van der Waals surface area (Å²) in [5.74, 6) is 2.76. The summed E-state index contributed by atoms with van der Waals surface area (Å²) >= 11 is 12.9. The third kappa shape index (κ3) is 4.01. The van der Waals surface area contributed by atoms with Crippen LogP contribution in [0.1, 0.15) is 42.3 Å². The highest BCUT2D eigenvalue weighted by Gasteiger charge is 2.42. The Morgan fingerprint density at radius 3 is 2.47 bits per heavy atom. The topological polar surface area (TPSA) is 52.5 Å². The predicted octanol–water partition coefficient (Wildman–Crippen LogP) is 6.65. The molecule has 5 rings (SSSR count). The highest BCUT2D eigenvalue weighted by atomic mass is 35.5. The standard InChI is InChI=1S/C26H24Cl2N2O4/c1-4-33-18-8-5-15(6-9-18)26-30-22(19-12-17(27)13-20(28)25(19)34-26)14-21(29-30)16-7-10-23(31-2)24(11-16)32-3/h5-13,22,26H,4,14H2,1-3H3/t22-,26-/m1/s1. The molecule has 2 aliphatic rings. The summed E-state index contributed by atoms with van der Waals surface area (Å²) in [4.78, 5) is 0. The molecule has 0 saturated carbocycles. The molecule has 0 fully saturated rings. The second-order valence-electron chi connectivity index (χ2n) is 7.99. The predicted molar refractivity (Wildman–Crippen MR) is 133 cm³/mol. The average Bonchev–Trinajstić information content (AvgIpc) is 3.30. The van der Waals surface area contributed by atoms with E-state index in [0.717, 1.165) is 28.2 Å². The Balaban J connectivity index is 1.57. The first-order valence-corrected chi connectivity index (χ1v) is 11.7. The summed E-state index contributed by atoms with van der Waals surface area (Å²) in [6.45, 7) is 2.57. The Kier molecular flexibility index (Phi) is 6.19. The van der Waals surface area contributed by atoms with Gasteiger partial charge in [-0.15, -0.1) is 0 Å². The molecule has 0 aliphatic carbocycles. The highest BCUT2D eigenvalue weighted by molar-refractivity contribution is 6.35. The van der Waals surface area contributed by atoms with Crippen LogP contribution in [0.3, 0.4) is 0 Å². The van der Waals surface area contributed by atoms with Crippen molar-refractivity contribution in [2.45, 2.75) is 25.6 Å². The molecule has 0 radical (unpaired) electrons. The summed E-state index contributed by atoms with van der Waals surface area (Å²) in [5, 5.41) is 8.03. The maximum absolute atomic E-state index is 6.57. The van der Waals surface area contributed by atoms with Crippen LogP contribution in [0.4, 0.5) is 0 Å². The van der Waals surface area contributed by atoms with E-state index in [-0.39, 0.29) is 6.04 Å². The largest absolute Gasteiger partial charge is 0.494 e. The van der Waals surface area contributed by atoms with Crippen molar-refractivity contribution in [2.24, 2.45) is 5.10 Å². The fourth-order valence-electron chi connectivity index (χ4n) is 4.42. The van der Waals surface area contributed by atoms with Crippen LogP contribution in [0.5, 0.6) is 23.0 Å². The lowest BCUT2D eigenvalue weighted by atomic mass is 9.95. The number of hydrazone groups is 1. The summed E-state index contributed by atoms with van der Waals surface area (Å²) in [7, 11) is 3.24. The molecular weight excluding hydrogens is 475 g/mol. The Bertz CT molecular complexity index is 1250. The molecule has 8 heteroatoms. The summed E-state index contributed by atoms with van der Waals surface area (Å²) in [5.41, 5.74) is 3.72. The van der Waals surface area contributed by atoms with Crippen LogP contribution < -0.4 is 18.9 Å². The van der Waals surface area contributed by atoms with E-state index < -0.39 is 6.23 Å². The van der Waals surface area contributed by atoms with Crippen LogP contribution in [0.25, 0.3) is 0 Å². The van der Waals surface area contributed by atoms with Gasteiger partial charge in [0.1, 0.15) is 11.5 Å². The lowest BCUT2D eigenvalue weighted by Gasteiger charge is -2.38. The molecule has 34 heavy (non-hydrogen) atoms. The minimum absolute atomic E-state index is 0.0837. The van der Waals surface area contributed by atoms with Crippen LogP contribution in [0, 0.1) is 0 Å². The number of benzene rings is 3. The van der Waals surface area contributed by atoms with Crippen molar-refractivity contribution < 1.29 is 18.9 Å². The number of hydrogen-bond acceptors (Lipinski definition) is 6. The van der Waals surface area contributed by atoms with E-state index in [2.05, 4.69) is 0 Å². The molecule has 6 nitrogen and oxygen atoms in total. The van der Waals surface area contributed by atoms with Gasteiger partial charge in [0.2, 0.25) is 6.23 Å². The zero-order chi connectivity index (χ0) is 23.8. The monoisotopic (exact) mass is 498 g/mol. The van der Waals surface area contributed by atoms with Gasteiger partial charge in [-0.2, -0.15) is 5.10 Å². The molecule has 0 N–H and O–H groups in total. The Morgan fingerprint density at radius 1 is 1.00 bits per heavy atom. The van der Waals surface area contributed by atoms with Crippen molar-refractivity contribution in [1.82, 2.24) is 5.01 Å². The van der Waals surface area contributed by atoms with Crippen molar-refractivity contribution >= 4 is 28.9 Å². The van der Waals surface area contributed by atoms with Crippen molar-refractivity contribution in [1.29, 1.82) is 0 Å². The zero-order valence-corrected chi connectivity index (χ0v) is 20.6. The van der Waals surface area contributed by atoms with Gasteiger partial charge in [-0.1, -0.05) is 23.2 Å². The van der Waals surface area contributed by atoms with Crippen LogP contribution in [-0.4, -0.2) is 31.5 Å². The van der Waals surface area contributed by atoms with Crippen molar-refractivity contribution in [2.75, 3.05) is 20.8 Å². The van der Waals surface area contributed by atoms with Gasteiger partial charge in [0.05, 0.1) is 37.6 Å². The van der Waals surface area contributed by atoms with E-state index in [1.807, 2.05) is 60.5 Å². The van der Waals surface area contributed by atoms with Gasteiger partial charge in [-0.05, 0) is 61.5 Å². The quantitative estimate of drug-likeness (QED) is 0.380. The van der Waals surface area contributed by atoms with E-state index in [0.29, 0.717) is 40.3 Å². The van der Waals surface area contributed by atoms with Gasteiger partial charge in [0, 0.05) is 28.1 Å². The summed E-state index contributed by atoms with van der Waals surface area (Å²) in [6.07, 6.45) is 0.209. The molecule has 0 spiro atoms. The lowest BCUT2D eigenvalue weighted by Crippen LogP contribution is -2.33. The molecule has 2 aliphatic heterocycles.